The number of aromatic nitrogens is 1. The van der Waals surface area contributed by atoms with Crippen LogP contribution in [0.25, 0.3) is 0 Å². The quantitative estimate of drug-likeness (QED) is 0.501. The fourth-order valence-corrected chi connectivity index (χ4v) is 3.06. The van der Waals surface area contributed by atoms with Crippen molar-refractivity contribution in [2.75, 3.05) is 6.54 Å². The topological polar surface area (TPSA) is 24.9 Å². The molecule has 1 aromatic heterocycles. The molecule has 0 aliphatic heterocycles. The van der Waals surface area contributed by atoms with Crippen LogP contribution in [0.4, 0.5) is 0 Å². The Hall–Kier alpha value is -0.410. The van der Waals surface area contributed by atoms with Gasteiger partial charge in [-0.2, -0.15) is 0 Å². The van der Waals surface area contributed by atoms with E-state index in [1.165, 1.54) is 56.9 Å². The molecule has 1 rings (SSSR count). The summed E-state index contributed by atoms with van der Waals surface area (Å²) in [5.41, 5.74) is 1.32. The Kier molecular flexibility index (Phi) is 10.8. The summed E-state index contributed by atoms with van der Waals surface area (Å²) in [6, 6.07) is 2.78. The van der Waals surface area contributed by atoms with Gasteiger partial charge in [0.15, 0.2) is 0 Å². The number of hydrogen-bond donors (Lipinski definition) is 1. The van der Waals surface area contributed by atoms with Crippen LogP contribution in [0.5, 0.6) is 0 Å². The van der Waals surface area contributed by atoms with Crippen LogP contribution in [-0.4, -0.2) is 17.6 Å². The predicted octanol–water partition coefficient (Wildman–Crippen LogP) is 5.51. The summed E-state index contributed by atoms with van der Waals surface area (Å²) in [5, 5.41) is 3.70. The van der Waals surface area contributed by atoms with Crippen molar-refractivity contribution >= 4 is 15.9 Å². The molecule has 21 heavy (non-hydrogen) atoms. The van der Waals surface area contributed by atoms with Crippen LogP contribution in [0.15, 0.2) is 22.9 Å². The summed E-state index contributed by atoms with van der Waals surface area (Å²) >= 11 is 3.51. The van der Waals surface area contributed by atoms with E-state index in [2.05, 4.69) is 46.1 Å². The molecule has 0 radical (unpaired) electrons. The summed E-state index contributed by atoms with van der Waals surface area (Å²) < 4.78 is 1.08. The van der Waals surface area contributed by atoms with Gasteiger partial charge in [0.25, 0.3) is 0 Å². The van der Waals surface area contributed by atoms with Gasteiger partial charge < -0.3 is 5.32 Å². The van der Waals surface area contributed by atoms with Crippen LogP contribution in [-0.2, 0) is 6.42 Å². The highest BCUT2D eigenvalue weighted by molar-refractivity contribution is 9.10. The third-order valence-electron chi connectivity index (χ3n) is 3.83. The minimum absolute atomic E-state index is 0.590. The number of nitrogens with zero attached hydrogens (tertiary/aromatic N) is 1. The van der Waals surface area contributed by atoms with Crippen molar-refractivity contribution in [2.45, 2.75) is 77.7 Å². The number of unbranched alkanes of at least 4 members (excludes halogenated alkanes) is 5. The van der Waals surface area contributed by atoms with E-state index in [-0.39, 0.29) is 0 Å². The largest absolute Gasteiger partial charge is 0.314 e. The number of rotatable bonds is 12. The average Bonchev–Trinajstić information content (AvgIpc) is 2.48. The van der Waals surface area contributed by atoms with Crippen molar-refractivity contribution < 1.29 is 0 Å². The number of halogens is 1. The minimum Gasteiger partial charge on any atom is -0.314 e. The van der Waals surface area contributed by atoms with E-state index in [1.54, 1.807) is 0 Å². The Bertz CT molecular complexity index is 368. The van der Waals surface area contributed by atoms with E-state index in [4.69, 9.17) is 0 Å². The molecular weight excluding hydrogens is 324 g/mol. The molecule has 2 nitrogen and oxygen atoms in total. The van der Waals surface area contributed by atoms with Gasteiger partial charge in [-0.05, 0) is 53.4 Å². The molecule has 1 aromatic rings. The summed E-state index contributed by atoms with van der Waals surface area (Å²) in [6.07, 6.45) is 15.6. The van der Waals surface area contributed by atoms with Crippen LogP contribution in [0.2, 0.25) is 0 Å². The first-order valence-electron chi connectivity index (χ1n) is 8.59. The summed E-state index contributed by atoms with van der Waals surface area (Å²) in [5.74, 6) is 0. The molecule has 1 heterocycles. The summed E-state index contributed by atoms with van der Waals surface area (Å²) in [6.45, 7) is 5.62. The third kappa shape index (κ3) is 9.26. The van der Waals surface area contributed by atoms with Gasteiger partial charge in [0.2, 0.25) is 0 Å². The molecule has 0 spiro atoms. The van der Waals surface area contributed by atoms with Crippen molar-refractivity contribution in [3.63, 3.8) is 0 Å². The van der Waals surface area contributed by atoms with E-state index in [1.807, 2.05) is 12.4 Å². The second kappa shape index (κ2) is 12.2. The fourth-order valence-electron chi connectivity index (χ4n) is 2.65. The Morgan fingerprint density at radius 2 is 1.81 bits per heavy atom. The lowest BCUT2D eigenvalue weighted by Gasteiger charge is -2.18. The molecule has 120 valence electrons. The highest BCUT2D eigenvalue weighted by Crippen LogP contribution is 2.15. The molecular formula is C18H31BrN2. The van der Waals surface area contributed by atoms with Crippen LogP contribution in [0, 0.1) is 0 Å². The Labute approximate surface area is 139 Å². The van der Waals surface area contributed by atoms with E-state index < -0.39 is 0 Å². The minimum atomic E-state index is 0.590. The van der Waals surface area contributed by atoms with Gasteiger partial charge >= 0.3 is 0 Å². The number of nitrogens with one attached hydrogen (secondary N) is 1. The Morgan fingerprint density at radius 1 is 1.05 bits per heavy atom. The van der Waals surface area contributed by atoms with Crippen molar-refractivity contribution in [1.29, 1.82) is 0 Å². The monoisotopic (exact) mass is 354 g/mol. The van der Waals surface area contributed by atoms with Crippen LogP contribution in [0.1, 0.15) is 70.8 Å². The molecule has 0 aliphatic carbocycles. The second-order valence-electron chi connectivity index (χ2n) is 5.92. The van der Waals surface area contributed by atoms with Gasteiger partial charge in [-0.1, -0.05) is 52.4 Å². The molecule has 0 saturated carbocycles. The Morgan fingerprint density at radius 3 is 2.52 bits per heavy atom. The van der Waals surface area contributed by atoms with Gasteiger partial charge in [0.05, 0.1) is 0 Å². The average molecular weight is 355 g/mol. The molecule has 0 saturated heterocycles. The normalized spacial score (nSPS) is 12.5. The predicted molar refractivity (Wildman–Crippen MR) is 95.7 cm³/mol. The highest BCUT2D eigenvalue weighted by atomic mass is 79.9. The lowest BCUT2D eigenvalue weighted by Crippen LogP contribution is -2.31. The van der Waals surface area contributed by atoms with Gasteiger partial charge in [-0.15, -0.1) is 0 Å². The molecule has 1 unspecified atom stereocenters. The lowest BCUT2D eigenvalue weighted by atomic mass is 10.0. The van der Waals surface area contributed by atoms with Crippen LogP contribution >= 0.6 is 15.9 Å². The van der Waals surface area contributed by atoms with Crippen molar-refractivity contribution in [3.8, 4) is 0 Å². The van der Waals surface area contributed by atoms with E-state index in [0.717, 1.165) is 17.4 Å². The van der Waals surface area contributed by atoms with Gasteiger partial charge in [-0.25, -0.2) is 0 Å². The van der Waals surface area contributed by atoms with Crippen molar-refractivity contribution in [1.82, 2.24) is 10.3 Å². The van der Waals surface area contributed by atoms with Crippen molar-refractivity contribution in [2.24, 2.45) is 0 Å². The maximum Gasteiger partial charge on any atom is 0.0410 e. The molecule has 1 N–H and O–H groups in total. The maximum atomic E-state index is 4.27. The molecule has 0 amide bonds. The second-order valence-corrected chi connectivity index (χ2v) is 6.84. The van der Waals surface area contributed by atoms with E-state index in [0.29, 0.717) is 6.04 Å². The van der Waals surface area contributed by atoms with Gasteiger partial charge in [0.1, 0.15) is 0 Å². The summed E-state index contributed by atoms with van der Waals surface area (Å²) in [7, 11) is 0. The van der Waals surface area contributed by atoms with Crippen LogP contribution in [0.3, 0.4) is 0 Å². The molecule has 0 bridgehead atoms. The van der Waals surface area contributed by atoms with E-state index >= 15 is 0 Å². The molecule has 0 aliphatic rings. The van der Waals surface area contributed by atoms with Gasteiger partial charge in [0, 0.05) is 22.9 Å². The van der Waals surface area contributed by atoms with Crippen LogP contribution < -0.4 is 5.32 Å². The lowest BCUT2D eigenvalue weighted by molar-refractivity contribution is 0.450. The smallest absolute Gasteiger partial charge is 0.0410 e. The summed E-state index contributed by atoms with van der Waals surface area (Å²) in [4.78, 5) is 4.27. The third-order valence-corrected chi connectivity index (χ3v) is 4.27. The molecule has 0 aromatic carbocycles. The zero-order valence-corrected chi connectivity index (χ0v) is 15.3. The SMILES string of the molecule is CCCCCCCCC(Cc1cncc(Br)c1)NCCC. The van der Waals surface area contributed by atoms with Gasteiger partial charge in [-0.3, -0.25) is 4.98 Å². The number of pyridine rings is 1. The molecule has 1 atom stereocenters. The zero-order valence-electron chi connectivity index (χ0n) is 13.7. The molecule has 0 fully saturated rings. The van der Waals surface area contributed by atoms with Crippen molar-refractivity contribution in [3.05, 3.63) is 28.5 Å². The standard InChI is InChI=1S/C18H31BrN2/c1-3-5-6-7-8-9-10-18(21-11-4-2)13-16-12-17(19)15-20-14-16/h12,14-15,18,21H,3-11,13H2,1-2H3. The molecule has 3 heteroatoms. The Balaban J connectivity index is 2.33. The first-order chi connectivity index (χ1) is 10.3. The zero-order chi connectivity index (χ0) is 15.3. The number of hydrogen-bond acceptors (Lipinski definition) is 2. The first-order valence-corrected chi connectivity index (χ1v) is 9.38. The fraction of sp³-hybridized carbons (Fsp3) is 0.722. The van der Waals surface area contributed by atoms with E-state index in [9.17, 15) is 0 Å². The maximum absolute atomic E-state index is 4.27. The first kappa shape index (κ1) is 18.6. The highest BCUT2D eigenvalue weighted by Gasteiger charge is 2.09.